The second-order valence-corrected chi connectivity index (χ2v) is 10.1. The Labute approximate surface area is 113 Å². The van der Waals surface area contributed by atoms with Crippen molar-refractivity contribution in [1.29, 1.82) is 0 Å². The number of amides is 1. The summed E-state index contributed by atoms with van der Waals surface area (Å²) in [6.45, 7) is 6.36. The van der Waals surface area contributed by atoms with E-state index in [4.69, 9.17) is 9.57 Å². The molecule has 0 fully saturated rings. The number of hydrogen-bond donors (Lipinski definition) is 0. The first kappa shape index (κ1) is 13.6. The third kappa shape index (κ3) is 2.23. The van der Waals surface area contributed by atoms with Crippen molar-refractivity contribution in [3.63, 3.8) is 0 Å². The molecule has 0 unspecified atom stereocenters. The van der Waals surface area contributed by atoms with E-state index in [1.54, 1.807) is 7.11 Å². The molecule has 0 aliphatic carbocycles. The summed E-state index contributed by atoms with van der Waals surface area (Å²) in [7, 11) is 1.21. The van der Waals surface area contributed by atoms with Crippen molar-refractivity contribution in [2.45, 2.75) is 19.6 Å². The van der Waals surface area contributed by atoms with Gasteiger partial charge in [-0.15, -0.1) is 0 Å². The van der Waals surface area contributed by atoms with Crippen LogP contribution in [0.25, 0.3) is 0 Å². The zero-order valence-electron chi connectivity index (χ0n) is 11.9. The smallest absolute Gasteiger partial charge is 0.273 e. The molecular formula is C13H18N2O3Si. The second kappa shape index (κ2) is 4.69. The average molecular weight is 278 g/mol. The summed E-state index contributed by atoms with van der Waals surface area (Å²) in [5, 5.41) is 3.88. The van der Waals surface area contributed by atoms with Crippen LogP contribution in [-0.2, 0) is 9.63 Å². The van der Waals surface area contributed by atoms with Crippen molar-refractivity contribution in [3.05, 3.63) is 23.8 Å². The van der Waals surface area contributed by atoms with Gasteiger partial charge in [-0.05, 0) is 18.2 Å². The fraction of sp³-hybridized carbons (Fsp3) is 0.385. The molecule has 0 aromatic heterocycles. The van der Waals surface area contributed by atoms with E-state index in [9.17, 15) is 4.79 Å². The highest BCUT2D eigenvalue weighted by atomic mass is 28.3. The number of nitrogens with zero attached hydrogens (tertiary/aromatic N) is 2. The van der Waals surface area contributed by atoms with E-state index in [1.807, 2.05) is 22.8 Å². The van der Waals surface area contributed by atoms with E-state index < -0.39 is 8.24 Å². The van der Waals surface area contributed by atoms with Gasteiger partial charge in [0, 0.05) is 11.3 Å². The Morgan fingerprint density at radius 2 is 1.89 bits per heavy atom. The lowest BCUT2D eigenvalue weighted by Gasteiger charge is -2.30. The van der Waals surface area contributed by atoms with Gasteiger partial charge >= 0.3 is 0 Å². The molecule has 1 heterocycles. The fourth-order valence-corrected chi connectivity index (χ4v) is 3.84. The molecule has 0 radical (unpaired) electrons. The molecule has 0 saturated heterocycles. The van der Waals surface area contributed by atoms with Crippen LogP contribution < -0.4 is 9.30 Å². The molecule has 0 N–H and O–H groups in total. The van der Waals surface area contributed by atoms with Gasteiger partial charge in [0.15, 0.2) is 13.9 Å². The van der Waals surface area contributed by atoms with Gasteiger partial charge in [0.25, 0.3) is 5.91 Å². The highest BCUT2D eigenvalue weighted by Crippen LogP contribution is 2.35. The zero-order valence-corrected chi connectivity index (χ0v) is 12.9. The molecule has 1 aliphatic rings. The highest BCUT2D eigenvalue weighted by molar-refractivity contribution is 6.87. The third-order valence-corrected chi connectivity index (χ3v) is 4.74. The topological polar surface area (TPSA) is 51.1 Å². The Bertz CT molecular complexity index is 549. The summed E-state index contributed by atoms with van der Waals surface area (Å²) < 4.78 is 7.07. The zero-order chi connectivity index (χ0) is 14.2. The largest absolute Gasteiger partial charge is 0.497 e. The van der Waals surface area contributed by atoms with Gasteiger partial charge in [0.05, 0.1) is 7.11 Å². The summed E-state index contributed by atoms with van der Waals surface area (Å²) >= 11 is 0. The van der Waals surface area contributed by atoms with Crippen molar-refractivity contribution in [2.75, 3.05) is 18.8 Å². The molecular weight excluding hydrogens is 260 g/mol. The number of anilines is 1. The number of carbonyl (C=O) groups excluding carboxylic acids is 1. The number of carbonyl (C=O) groups is 1. The Morgan fingerprint density at radius 1 is 1.21 bits per heavy atom. The lowest BCUT2D eigenvalue weighted by atomic mass is 10.1. The van der Waals surface area contributed by atoms with Crippen LogP contribution in [0.1, 0.15) is 5.56 Å². The van der Waals surface area contributed by atoms with Crippen molar-refractivity contribution >= 4 is 25.5 Å². The minimum absolute atomic E-state index is 0.0933. The number of hydrogen-bond acceptors (Lipinski definition) is 4. The maximum absolute atomic E-state index is 12.5. The second-order valence-electron chi connectivity index (χ2n) is 5.32. The summed E-state index contributed by atoms with van der Waals surface area (Å²) in [6.07, 6.45) is 0. The van der Waals surface area contributed by atoms with Gasteiger partial charge in [-0.2, -0.15) is 0 Å². The summed E-state index contributed by atoms with van der Waals surface area (Å²) in [6, 6.07) is 5.59. The normalized spacial score (nSPS) is 16.8. The molecule has 1 amide bonds. The van der Waals surface area contributed by atoms with Crippen molar-refractivity contribution in [1.82, 2.24) is 0 Å². The van der Waals surface area contributed by atoms with Crippen LogP contribution in [0.2, 0.25) is 19.6 Å². The maximum atomic E-state index is 12.5. The number of rotatable bonds is 3. The number of ether oxygens (including phenoxy) is 1. The van der Waals surface area contributed by atoms with E-state index in [2.05, 4.69) is 24.8 Å². The molecule has 5 nitrogen and oxygen atoms in total. The first-order valence-corrected chi connectivity index (χ1v) is 9.49. The van der Waals surface area contributed by atoms with E-state index in [1.165, 1.54) is 7.11 Å². The van der Waals surface area contributed by atoms with Crippen LogP contribution in [0.4, 0.5) is 5.69 Å². The average Bonchev–Trinajstić information content (AvgIpc) is 2.62. The van der Waals surface area contributed by atoms with Gasteiger partial charge in [-0.25, -0.2) is 0 Å². The third-order valence-electron chi connectivity index (χ3n) is 2.96. The lowest BCUT2D eigenvalue weighted by molar-refractivity contribution is -0.111. The van der Waals surface area contributed by atoms with Crippen molar-refractivity contribution in [2.24, 2.45) is 5.16 Å². The van der Waals surface area contributed by atoms with Gasteiger partial charge < -0.3 is 14.1 Å². The lowest BCUT2D eigenvalue weighted by Crippen LogP contribution is -2.49. The van der Waals surface area contributed by atoms with Crippen LogP contribution in [0.3, 0.4) is 0 Å². The van der Waals surface area contributed by atoms with E-state index >= 15 is 0 Å². The van der Waals surface area contributed by atoms with Crippen molar-refractivity contribution < 1.29 is 14.4 Å². The van der Waals surface area contributed by atoms with Crippen molar-refractivity contribution in [3.8, 4) is 5.75 Å². The molecule has 1 aromatic rings. The summed E-state index contributed by atoms with van der Waals surface area (Å²) in [4.78, 5) is 17.3. The maximum Gasteiger partial charge on any atom is 0.273 e. The molecule has 0 saturated carbocycles. The first-order chi connectivity index (χ1) is 8.90. The van der Waals surface area contributed by atoms with Gasteiger partial charge in [-0.3, -0.25) is 4.79 Å². The Kier molecular flexibility index (Phi) is 3.36. The Hall–Kier alpha value is -1.82. The first-order valence-electron chi connectivity index (χ1n) is 6.04. The Balaban J connectivity index is 2.63. The van der Waals surface area contributed by atoms with E-state index in [0.29, 0.717) is 11.5 Å². The van der Waals surface area contributed by atoms with Crippen LogP contribution in [-0.4, -0.2) is 34.1 Å². The fourth-order valence-electron chi connectivity index (χ4n) is 2.20. The quantitative estimate of drug-likeness (QED) is 0.629. The monoisotopic (exact) mass is 278 g/mol. The Morgan fingerprint density at radius 3 is 2.42 bits per heavy atom. The molecule has 2 rings (SSSR count). The number of methoxy groups -OCH3 is 1. The molecule has 19 heavy (non-hydrogen) atoms. The minimum atomic E-state index is -1.83. The minimum Gasteiger partial charge on any atom is -0.497 e. The summed E-state index contributed by atoms with van der Waals surface area (Å²) in [5.74, 6) is 0.608. The van der Waals surface area contributed by atoms with Gasteiger partial charge in [0.2, 0.25) is 0 Å². The predicted octanol–water partition coefficient (Wildman–Crippen LogP) is 2.23. The molecule has 1 aromatic carbocycles. The highest BCUT2D eigenvalue weighted by Gasteiger charge is 2.41. The molecule has 102 valence electrons. The SMILES string of the molecule is CO/N=C1/C(=O)N([Si](C)(C)C)c2ccc(OC)cc21. The van der Waals surface area contributed by atoms with E-state index in [-0.39, 0.29) is 5.91 Å². The van der Waals surface area contributed by atoms with Gasteiger partial charge in [-0.1, -0.05) is 24.8 Å². The molecule has 1 aliphatic heterocycles. The molecule has 6 heteroatoms. The standard InChI is InChI=1S/C13H18N2O3Si/c1-17-9-6-7-11-10(8-9)12(14-18-2)13(16)15(11)19(3,4)5/h6-8H,1-5H3/b14-12+. The molecule has 0 spiro atoms. The van der Waals surface area contributed by atoms with Crippen LogP contribution in [0, 0.1) is 0 Å². The van der Waals surface area contributed by atoms with Crippen LogP contribution >= 0.6 is 0 Å². The number of fused-ring (bicyclic) bond motifs is 1. The van der Waals surface area contributed by atoms with Crippen LogP contribution in [0.5, 0.6) is 5.75 Å². The number of benzene rings is 1. The molecule has 0 atom stereocenters. The van der Waals surface area contributed by atoms with Gasteiger partial charge in [0.1, 0.15) is 12.9 Å². The van der Waals surface area contributed by atoms with Crippen LogP contribution in [0.15, 0.2) is 23.4 Å². The number of oxime groups is 1. The summed E-state index contributed by atoms with van der Waals surface area (Å²) in [5.41, 5.74) is 2.01. The predicted molar refractivity (Wildman–Crippen MR) is 77.4 cm³/mol. The van der Waals surface area contributed by atoms with E-state index in [0.717, 1.165) is 11.3 Å². The molecule has 0 bridgehead atoms.